The van der Waals surface area contributed by atoms with Crippen molar-refractivity contribution >= 4 is 29.7 Å². The van der Waals surface area contributed by atoms with Crippen LogP contribution in [0.1, 0.15) is 27.0 Å². The van der Waals surface area contributed by atoms with Crippen LogP contribution >= 0.6 is 23.7 Å². The van der Waals surface area contributed by atoms with Gasteiger partial charge in [0.25, 0.3) is 5.91 Å². The van der Waals surface area contributed by atoms with E-state index in [1.165, 1.54) is 4.88 Å². The number of amides is 1. The van der Waals surface area contributed by atoms with Gasteiger partial charge in [0.1, 0.15) is 0 Å². The SMILES string of the molecule is C[C@@H](CN)NC(=O)c1cc2c(s1)CCOC2.Cl. The van der Waals surface area contributed by atoms with Crippen LogP contribution in [0.4, 0.5) is 0 Å². The molecule has 4 nitrogen and oxygen atoms in total. The second-order valence-corrected chi connectivity index (χ2v) is 5.11. The lowest BCUT2D eigenvalue weighted by atomic mass is 10.2. The molecule has 1 aromatic heterocycles. The van der Waals surface area contributed by atoms with Crippen molar-refractivity contribution < 1.29 is 9.53 Å². The molecule has 17 heavy (non-hydrogen) atoms. The van der Waals surface area contributed by atoms with Crippen molar-refractivity contribution in [2.24, 2.45) is 5.73 Å². The molecule has 2 heterocycles. The van der Waals surface area contributed by atoms with Gasteiger partial charge in [0.2, 0.25) is 0 Å². The van der Waals surface area contributed by atoms with Crippen LogP contribution in [0.25, 0.3) is 0 Å². The van der Waals surface area contributed by atoms with Gasteiger partial charge in [-0.2, -0.15) is 0 Å². The minimum atomic E-state index is -0.0302. The summed E-state index contributed by atoms with van der Waals surface area (Å²) in [4.78, 5) is 13.9. The summed E-state index contributed by atoms with van der Waals surface area (Å²) in [7, 11) is 0. The highest BCUT2D eigenvalue weighted by atomic mass is 35.5. The third kappa shape index (κ3) is 3.42. The highest BCUT2D eigenvalue weighted by molar-refractivity contribution is 7.14. The third-order valence-corrected chi connectivity index (χ3v) is 3.82. The number of carbonyl (C=O) groups excluding carboxylic acids is 1. The number of carbonyl (C=O) groups is 1. The molecule has 0 aromatic carbocycles. The van der Waals surface area contributed by atoms with Crippen molar-refractivity contribution in [1.29, 1.82) is 0 Å². The van der Waals surface area contributed by atoms with Gasteiger partial charge < -0.3 is 15.8 Å². The quantitative estimate of drug-likeness (QED) is 0.875. The van der Waals surface area contributed by atoms with E-state index in [0.717, 1.165) is 23.5 Å². The Kier molecular flexibility index (Phi) is 5.39. The minimum Gasteiger partial charge on any atom is -0.376 e. The minimum absolute atomic E-state index is 0. The first kappa shape index (κ1) is 14.4. The van der Waals surface area contributed by atoms with Crippen molar-refractivity contribution in [2.75, 3.05) is 13.2 Å². The molecule has 1 aliphatic rings. The van der Waals surface area contributed by atoms with Crippen molar-refractivity contribution in [1.82, 2.24) is 5.32 Å². The molecule has 0 fully saturated rings. The number of hydrogen-bond acceptors (Lipinski definition) is 4. The second kappa shape index (κ2) is 6.35. The third-order valence-electron chi connectivity index (χ3n) is 2.58. The molecular weight excluding hydrogens is 260 g/mol. The van der Waals surface area contributed by atoms with Crippen molar-refractivity contribution in [3.8, 4) is 0 Å². The number of fused-ring (bicyclic) bond motifs is 1. The molecule has 0 radical (unpaired) electrons. The summed E-state index contributed by atoms with van der Waals surface area (Å²) in [5, 5.41) is 2.86. The molecule has 96 valence electrons. The zero-order valence-corrected chi connectivity index (χ0v) is 11.3. The van der Waals surface area contributed by atoms with Crippen LogP contribution in [-0.2, 0) is 17.8 Å². The molecule has 0 saturated carbocycles. The zero-order valence-electron chi connectivity index (χ0n) is 9.69. The van der Waals surface area contributed by atoms with Crippen LogP contribution in [0.2, 0.25) is 0 Å². The molecule has 0 spiro atoms. The molecule has 1 atom stereocenters. The average molecular weight is 277 g/mol. The number of rotatable bonds is 3. The lowest BCUT2D eigenvalue weighted by Crippen LogP contribution is -2.37. The van der Waals surface area contributed by atoms with Gasteiger partial charge in [-0.25, -0.2) is 0 Å². The lowest BCUT2D eigenvalue weighted by Gasteiger charge is -2.10. The summed E-state index contributed by atoms with van der Waals surface area (Å²) in [6, 6.07) is 1.94. The Balaban J connectivity index is 0.00000144. The van der Waals surface area contributed by atoms with Gasteiger partial charge in [0, 0.05) is 23.9 Å². The predicted octanol–water partition coefficient (Wildman–Crippen LogP) is 1.32. The first-order valence-corrected chi connectivity index (χ1v) is 6.22. The Hall–Kier alpha value is -0.620. The van der Waals surface area contributed by atoms with E-state index in [0.29, 0.717) is 13.2 Å². The smallest absolute Gasteiger partial charge is 0.261 e. The standard InChI is InChI=1S/C11H16N2O2S.ClH/c1-7(5-12)13-11(14)10-4-8-6-15-3-2-9(8)16-10;/h4,7H,2-3,5-6,12H2,1H3,(H,13,14);1H/t7-;/m0./s1. The first-order chi connectivity index (χ1) is 7.70. The molecule has 0 unspecified atom stereocenters. The zero-order chi connectivity index (χ0) is 11.5. The van der Waals surface area contributed by atoms with E-state index in [-0.39, 0.29) is 24.4 Å². The number of nitrogens with one attached hydrogen (secondary N) is 1. The highest BCUT2D eigenvalue weighted by Crippen LogP contribution is 2.26. The van der Waals surface area contributed by atoms with E-state index in [4.69, 9.17) is 10.5 Å². The summed E-state index contributed by atoms with van der Waals surface area (Å²) in [5.41, 5.74) is 6.62. The van der Waals surface area contributed by atoms with Gasteiger partial charge in [-0.1, -0.05) is 0 Å². The molecule has 0 saturated heterocycles. The number of thiophene rings is 1. The fraction of sp³-hybridized carbons (Fsp3) is 0.545. The van der Waals surface area contributed by atoms with Gasteiger partial charge in [-0.3, -0.25) is 4.79 Å². The van der Waals surface area contributed by atoms with E-state index >= 15 is 0 Å². The number of ether oxygens (including phenoxy) is 1. The van der Waals surface area contributed by atoms with Gasteiger partial charge in [-0.15, -0.1) is 23.7 Å². The number of halogens is 1. The second-order valence-electron chi connectivity index (χ2n) is 3.97. The molecule has 1 aliphatic heterocycles. The van der Waals surface area contributed by atoms with Crippen molar-refractivity contribution in [3.63, 3.8) is 0 Å². The maximum absolute atomic E-state index is 11.8. The van der Waals surface area contributed by atoms with Gasteiger partial charge >= 0.3 is 0 Å². The van der Waals surface area contributed by atoms with Crippen LogP contribution in [0.15, 0.2) is 6.07 Å². The first-order valence-electron chi connectivity index (χ1n) is 5.41. The maximum Gasteiger partial charge on any atom is 0.261 e. The topological polar surface area (TPSA) is 64.3 Å². The Morgan fingerprint density at radius 3 is 3.12 bits per heavy atom. The Morgan fingerprint density at radius 2 is 2.47 bits per heavy atom. The van der Waals surface area contributed by atoms with Crippen molar-refractivity contribution in [2.45, 2.75) is 26.0 Å². The maximum atomic E-state index is 11.8. The summed E-state index contributed by atoms with van der Waals surface area (Å²) >= 11 is 1.56. The lowest BCUT2D eigenvalue weighted by molar-refractivity contribution is 0.0945. The predicted molar refractivity (Wildman–Crippen MR) is 70.9 cm³/mol. The average Bonchev–Trinajstić information content (AvgIpc) is 2.72. The highest BCUT2D eigenvalue weighted by Gasteiger charge is 2.18. The normalized spacial score (nSPS) is 15.6. The summed E-state index contributed by atoms with van der Waals surface area (Å²) in [6.07, 6.45) is 0.916. The summed E-state index contributed by atoms with van der Waals surface area (Å²) in [6.45, 7) is 3.74. The molecule has 0 bridgehead atoms. The fourth-order valence-electron chi connectivity index (χ4n) is 1.61. The van der Waals surface area contributed by atoms with Gasteiger partial charge in [0.15, 0.2) is 0 Å². The van der Waals surface area contributed by atoms with Crippen LogP contribution in [-0.4, -0.2) is 25.1 Å². The molecular formula is C11H17ClN2O2S. The Morgan fingerprint density at radius 1 is 1.71 bits per heavy atom. The molecule has 1 aromatic rings. The molecule has 3 N–H and O–H groups in total. The van der Waals surface area contributed by atoms with Crippen LogP contribution in [0.3, 0.4) is 0 Å². The molecule has 1 amide bonds. The fourth-order valence-corrected chi connectivity index (χ4v) is 2.67. The van der Waals surface area contributed by atoms with Crippen molar-refractivity contribution in [3.05, 3.63) is 21.4 Å². The van der Waals surface area contributed by atoms with Gasteiger partial charge in [0.05, 0.1) is 18.1 Å². The molecule has 0 aliphatic carbocycles. The van der Waals surface area contributed by atoms with Crippen LogP contribution in [0, 0.1) is 0 Å². The van der Waals surface area contributed by atoms with E-state index < -0.39 is 0 Å². The molecule has 6 heteroatoms. The van der Waals surface area contributed by atoms with E-state index in [2.05, 4.69) is 5.32 Å². The Labute approximate surface area is 111 Å². The number of nitrogens with two attached hydrogens (primary N) is 1. The van der Waals surface area contributed by atoms with E-state index in [9.17, 15) is 4.79 Å². The monoisotopic (exact) mass is 276 g/mol. The number of hydrogen-bond donors (Lipinski definition) is 2. The van der Waals surface area contributed by atoms with Gasteiger partial charge in [-0.05, 0) is 18.6 Å². The Bertz CT molecular complexity index is 371. The summed E-state index contributed by atoms with van der Waals surface area (Å²) in [5.74, 6) is -0.0302. The van der Waals surface area contributed by atoms with Crippen LogP contribution < -0.4 is 11.1 Å². The largest absolute Gasteiger partial charge is 0.376 e. The molecule has 2 rings (SSSR count). The summed E-state index contributed by atoms with van der Waals surface area (Å²) < 4.78 is 5.35. The van der Waals surface area contributed by atoms with E-state index in [1.54, 1.807) is 11.3 Å². The van der Waals surface area contributed by atoms with Crippen LogP contribution in [0.5, 0.6) is 0 Å². The van der Waals surface area contributed by atoms with E-state index in [1.807, 2.05) is 13.0 Å².